The zero-order valence-corrected chi connectivity index (χ0v) is 18.2. The monoisotopic (exact) mass is 483 g/mol. The Morgan fingerprint density at radius 3 is 2.93 bits per heavy atom. The fourth-order valence-corrected chi connectivity index (χ4v) is 6.99. The van der Waals surface area contributed by atoms with Crippen molar-refractivity contribution >= 4 is 60.0 Å². The van der Waals surface area contributed by atoms with Crippen LogP contribution >= 0.6 is 27.3 Å². The van der Waals surface area contributed by atoms with E-state index in [0.717, 1.165) is 3.79 Å². The molecule has 0 unspecified atom stereocenters. The Kier molecular flexibility index (Phi) is 5.30. The van der Waals surface area contributed by atoms with Crippen LogP contribution in [0.1, 0.15) is 18.7 Å². The first-order chi connectivity index (χ1) is 13.3. The molecule has 148 valence electrons. The van der Waals surface area contributed by atoms with Crippen molar-refractivity contribution in [2.24, 2.45) is 5.92 Å². The number of hydrogen-bond donors (Lipinski definition) is 1. The van der Waals surface area contributed by atoms with Crippen molar-refractivity contribution in [3.63, 3.8) is 0 Å². The first kappa shape index (κ1) is 19.6. The second-order valence-electron chi connectivity index (χ2n) is 6.67. The van der Waals surface area contributed by atoms with Gasteiger partial charge in [-0.05, 0) is 59.1 Å². The van der Waals surface area contributed by atoms with E-state index >= 15 is 0 Å². The Labute approximate surface area is 174 Å². The molecule has 10 heteroatoms. The molecule has 4 rings (SSSR count). The van der Waals surface area contributed by atoms with Crippen molar-refractivity contribution in [1.29, 1.82) is 0 Å². The van der Waals surface area contributed by atoms with Crippen LogP contribution in [0.15, 0.2) is 42.7 Å². The van der Waals surface area contributed by atoms with Crippen LogP contribution in [-0.4, -0.2) is 36.7 Å². The van der Waals surface area contributed by atoms with Crippen molar-refractivity contribution in [2.75, 3.05) is 18.4 Å². The lowest BCUT2D eigenvalue weighted by molar-refractivity contribution is -0.120. The molecular weight excluding hydrogens is 466 g/mol. The van der Waals surface area contributed by atoms with Gasteiger partial charge in [0.15, 0.2) is 11.5 Å². The number of anilines is 1. The molecule has 1 atom stereocenters. The second-order valence-corrected chi connectivity index (χ2v) is 11.3. The largest absolute Gasteiger partial charge is 0.441 e. The predicted octanol–water partition coefficient (Wildman–Crippen LogP) is 4.00. The highest BCUT2D eigenvalue weighted by molar-refractivity contribution is 9.11. The molecule has 2 aromatic heterocycles. The SMILES string of the molecule is Cc1nc2cc(NC(=O)[C@@H]3CCCN(S(=O)(=O)c4ccc(Br)s4)C3)ccc2o1. The third kappa shape index (κ3) is 3.86. The molecule has 1 saturated heterocycles. The Balaban J connectivity index is 1.48. The quantitative estimate of drug-likeness (QED) is 0.605. The summed E-state index contributed by atoms with van der Waals surface area (Å²) in [6, 6.07) is 8.57. The van der Waals surface area contributed by atoms with E-state index in [9.17, 15) is 13.2 Å². The summed E-state index contributed by atoms with van der Waals surface area (Å²) in [6.07, 6.45) is 1.29. The smallest absolute Gasteiger partial charge is 0.252 e. The highest BCUT2D eigenvalue weighted by Gasteiger charge is 2.34. The highest BCUT2D eigenvalue weighted by Crippen LogP contribution is 2.31. The number of sulfonamides is 1. The number of nitrogens with zero attached hydrogens (tertiary/aromatic N) is 2. The van der Waals surface area contributed by atoms with E-state index in [1.807, 2.05) is 0 Å². The minimum atomic E-state index is -3.59. The lowest BCUT2D eigenvalue weighted by Crippen LogP contribution is -2.43. The third-order valence-corrected chi connectivity index (χ3v) is 8.62. The molecule has 0 spiro atoms. The number of oxazole rings is 1. The average molecular weight is 484 g/mol. The summed E-state index contributed by atoms with van der Waals surface area (Å²) < 4.78 is 33.6. The van der Waals surface area contributed by atoms with Crippen LogP contribution in [0.25, 0.3) is 11.1 Å². The van der Waals surface area contributed by atoms with Gasteiger partial charge in [0.25, 0.3) is 10.0 Å². The third-order valence-electron chi connectivity index (χ3n) is 4.66. The van der Waals surface area contributed by atoms with Crippen LogP contribution in [0.4, 0.5) is 5.69 Å². The number of benzene rings is 1. The average Bonchev–Trinajstić information content (AvgIpc) is 3.26. The molecule has 0 radical (unpaired) electrons. The number of piperidine rings is 1. The molecule has 1 aromatic carbocycles. The Morgan fingerprint density at radius 2 is 2.18 bits per heavy atom. The standard InChI is InChI=1S/C18H18BrN3O4S2/c1-11-20-14-9-13(4-5-15(14)26-11)21-18(23)12-3-2-8-22(10-12)28(24,25)17-7-6-16(19)27-17/h4-7,9,12H,2-3,8,10H2,1H3,(H,21,23)/t12-/m1/s1. The Hall–Kier alpha value is -1.75. The zero-order valence-electron chi connectivity index (χ0n) is 15.0. The van der Waals surface area contributed by atoms with Gasteiger partial charge in [0.2, 0.25) is 5.91 Å². The van der Waals surface area contributed by atoms with Gasteiger partial charge in [-0.25, -0.2) is 13.4 Å². The van der Waals surface area contributed by atoms with Gasteiger partial charge >= 0.3 is 0 Å². The fourth-order valence-electron chi connectivity index (χ4n) is 3.30. The number of carbonyl (C=O) groups excluding carboxylic acids is 1. The van der Waals surface area contributed by atoms with Crippen LogP contribution in [0.3, 0.4) is 0 Å². The minimum absolute atomic E-state index is 0.176. The van der Waals surface area contributed by atoms with E-state index < -0.39 is 15.9 Å². The number of hydrogen-bond acceptors (Lipinski definition) is 6. The summed E-state index contributed by atoms with van der Waals surface area (Å²) in [7, 11) is -3.59. The number of halogens is 1. The fraction of sp³-hybridized carbons (Fsp3) is 0.333. The van der Waals surface area contributed by atoms with E-state index in [1.54, 1.807) is 37.3 Å². The second kappa shape index (κ2) is 7.58. The number of amides is 1. The van der Waals surface area contributed by atoms with Crippen LogP contribution in [0.2, 0.25) is 0 Å². The summed E-state index contributed by atoms with van der Waals surface area (Å²) in [5.74, 6) is -0.0275. The molecule has 3 heterocycles. The number of carbonyl (C=O) groups is 1. The number of thiophene rings is 1. The van der Waals surface area contributed by atoms with Gasteiger partial charge in [0.1, 0.15) is 9.73 Å². The number of aryl methyl sites for hydroxylation is 1. The summed E-state index contributed by atoms with van der Waals surface area (Å²) in [5, 5.41) is 2.88. The summed E-state index contributed by atoms with van der Waals surface area (Å²) >= 11 is 4.47. The normalized spacial score (nSPS) is 18.4. The first-order valence-electron chi connectivity index (χ1n) is 8.76. The molecule has 7 nitrogen and oxygen atoms in total. The van der Waals surface area contributed by atoms with Crippen molar-refractivity contribution in [3.8, 4) is 0 Å². The van der Waals surface area contributed by atoms with E-state index in [1.165, 1.54) is 15.6 Å². The minimum Gasteiger partial charge on any atom is -0.441 e. The van der Waals surface area contributed by atoms with Gasteiger partial charge in [-0.1, -0.05) is 0 Å². The summed E-state index contributed by atoms with van der Waals surface area (Å²) in [4.78, 5) is 17.0. The van der Waals surface area contributed by atoms with Crippen LogP contribution in [0.5, 0.6) is 0 Å². The molecule has 3 aromatic rings. The van der Waals surface area contributed by atoms with Gasteiger partial charge in [0, 0.05) is 25.7 Å². The summed E-state index contributed by atoms with van der Waals surface area (Å²) in [5.41, 5.74) is 1.95. The van der Waals surface area contributed by atoms with Crippen LogP contribution < -0.4 is 5.32 Å². The van der Waals surface area contributed by atoms with Gasteiger partial charge in [-0.2, -0.15) is 4.31 Å². The van der Waals surface area contributed by atoms with Gasteiger partial charge in [0.05, 0.1) is 9.70 Å². The molecule has 0 saturated carbocycles. The number of aromatic nitrogens is 1. The topological polar surface area (TPSA) is 92.5 Å². The molecule has 0 aliphatic carbocycles. The summed E-state index contributed by atoms with van der Waals surface area (Å²) in [6.45, 7) is 2.36. The maximum atomic E-state index is 12.8. The van der Waals surface area contributed by atoms with E-state index in [-0.39, 0.29) is 16.7 Å². The lowest BCUT2D eigenvalue weighted by Gasteiger charge is -2.30. The first-order valence-corrected chi connectivity index (χ1v) is 11.8. The van der Waals surface area contributed by atoms with Crippen molar-refractivity contribution < 1.29 is 17.6 Å². The van der Waals surface area contributed by atoms with E-state index in [0.29, 0.717) is 42.1 Å². The van der Waals surface area contributed by atoms with Crippen molar-refractivity contribution in [3.05, 3.63) is 40.0 Å². The molecule has 1 aliphatic heterocycles. The van der Waals surface area contributed by atoms with Crippen LogP contribution in [0, 0.1) is 12.8 Å². The molecular formula is C18H18BrN3O4S2. The molecule has 1 N–H and O–H groups in total. The molecule has 1 amide bonds. The molecule has 1 aliphatic rings. The molecule has 0 bridgehead atoms. The van der Waals surface area contributed by atoms with E-state index in [2.05, 4.69) is 26.2 Å². The number of fused-ring (bicyclic) bond motifs is 1. The number of rotatable bonds is 4. The Bertz CT molecular complexity index is 1140. The van der Waals surface area contributed by atoms with Crippen molar-refractivity contribution in [1.82, 2.24) is 9.29 Å². The van der Waals surface area contributed by atoms with Gasteiger partial charge in [-0.15, -0.1) is 11.3 Å². The van der Waals surface area contributed by atoms with Gasteiger partial charge < -0.3 is 9.73 Å². The van der Waals surface area contributed by atoms with E-state index in [4.69, 9.17) is 4.42 Å². The molecule has 1 fully saturated rings. The molecule has 28 heavy (non-hydrogen) atoms. The number of nitrogens with one attached hydrogen (secondary N) is 1. The van der Waals surface area contributed by atoms with Crippen LogP contribution in [-0.2, 0) is 14.8 Å². The Morgan fingerprint density at radius 1 is 1.36 bits per heavy atom. The highest BCUT2D eigenvalue weighted by atomic mass is 79.9. The maximum Gasteiger partial charge on any atom is 0.252 e. The lowest BCUT2D eigenvalue weighted by atomic mass is 9.98. The zero-order chi connectivity index (χ0) is 19.9. The van der Waals surface area contributed by atoms with Gasteiger partial charge in [-0.3, -0.25) is 4.79 Å². The van der Waals surface area contributed by atoms with Crippen molar-refractivity contribution in [2.45, 2.75) is 24.0 Å². The predicted molar refractivity (Wildman–Crippen MR) is 111 cm³/mol. The maximum absolute atomic E-state index is 12.8.